The SMILES string of the molecule is Cc1cccc(N(C)S(=O)(=O)c2cc(N)cc(F)c2F)c1. The van der Waals surface area contributed by atoms with Crippen molar-refractivity contribution in [2.75, 3.05) is 17.1 Å². The van der Waals surface area contributed by atoms with Gasteiger partial charge in [0.25, 0.3) is 10.0 Å². The highest BCUT2D eigenvalue weighted by Crippen LogP contribution is 2.27. The third kappa shape index (κ3) is 2.82. The first-order chi connectivity index (χ1) is 9.73. The summed E-state index contributed by atoms with van der Waals surface area (Å²) in [7, 11) is -2.98. The van der Waals surface area contributed by atoms with Gasteiger partial charge in [0.2, 0.25) is 0 Å². The van der Waals surface area contributed by atoms with Crippen LogP contribution < -0.4 is 10.0 Å². The van der Waals surface area contributed by atoms with Crippen molar-refractivity contribution in [3.8, 4) is 0 Å². The van der Waals surface area contributed by atoms with E-state index in [9.17, 15) is 17.2 Å². The zero-order chi connectivity index (χ0) is 15.8. The van der Waals surface area contributed by atoms with Crippen LogP contribution in [0.4, 0.5) is 20.2 Å². The van der Waals surface area contributed by atoms with Crippen molar-refractivity contribution in [1.82, 2.24) is 0 Å². The number of nitrogens with zero attached hydrogens (tertiary/aromatic N) is 1. The van der Waals surface area contributed by atoms with Gasteiger partial charge in [-0.3, -0.25) is 4.31 Å². The van der Waals surface area contributed by atoms with Crippen molar-refractivity contribution in [2.45, 2.75) is 11.8 Å². The molecule has 0 saturated heterocycles. The molecule has 0 amide bonds. The van der Waals surface area contributed by atoms with Gasteiger partial charge in [-0.05, 0) is 36.8 Å². The molecule has 21 heavy (non-hydrogen) atoms. The number of nitrogens with two attached hydrogens (primary N) is 1. The van der Waals surface area contributed by atoms with E-state index in [2.05, 4.69) is 0 Å². The lowest BCUT2D eigenvalue weighted by molar-refractivity contribution is 0.485. The van der Waals surface area contributed by atoms with E-state index in [1.807, 2.05) is 0 Å². The van der Waals surface area contributed by atoms with Crippen LogP contribution in [0.1, 0.15) is 5.56 Å². The molecule has 0 fully saturated rings. The molecule has 2 rings (SSSR count). The van der Waals surface area contributed by atoms with E-state index in [4.69, 9.17) is 5.73 Å². The molecule has 0 aliphatic carbocycles. The highest BCUT2D eigenvalue weighted by molar-refractivity contribution is 7.92. The number of aryl methyl sites for hydroxylation is 1. The Balaban J connectivity index is 2.57. The van der Waals surface area contributed by atoms with Gasteiger partial charge in [0.15, 0.2) is 11.6 Å². The molecule has 0 heterocycles. The lowest BCUT2D eigenvalue weighted by Crippen LogP contribution is -2.27. The minimum Gasteiger partial charge on any atom is -0.399 e. The molecule has 0 aromatic heterocycles. The number of halogens is 2. The number of hydrogen-bond acceptors (Lipinski definition) is 3. The zero-order valence-electron chi connectivity index (χ0n) is 11.5. The first-order valence-electron chi connectivity index (χ1n) is 6.03. The first kappa shape index (κ1) is 15.2. The van der Waals surface area contributed by atoms with Crippen molar-refractivity contribution in [2.24, 2.45) is 0 Å². The monoisotopic (exact) mass is 312 g/mol. The average molecular weight is 312 g/mol. The van der Waals surface area contributed by atoms with Crippen LogP contribution in [0.2, 0.25) is 0 Å². The Morgan fingerprint density at radius 2 is 1.81 bits per heavy atom. The van der Waals surface area contributed by atoms with E-state index < -0.39 is 26.6 Å². The van der Waals surface area contributed by atoms with Gasteiger partial charge in [-0.15, -0.1) is 0 Å². The number of anilines is 2. The molecule has 0 unspecified atom stereocenters. The third-order valence-electron chi connectivity index (χ3n) is 3.02. The summed E-state index contributed by atoms with van der Waals surface area (Å²) >= 11 is 0. The van der Waals surface area contributed by atoms with Crippen molar-refractivity contribution >= 4 is 21.4 Å². The maximum atomic E-state index is 13.8. The lowest BCUT2D eigenvalue weighted by atomic mass is 10.2. The number of rotatable bonds is 3. The van der Waals surface area contributed by atoms with Crippen molar-refractivity contribution in [3.05, 3.63) is 53.6 Å². The summed E-state index contributed by atoms with van der Waals surface area (Å²) in [6, 6.07) is 8.29. The quantitative estimate of drug-likeness (QED) is 0.886. The van der Waals surface area contributed by atoms with Crippen LogP contribution in [0, 0.1) is 18.6 Å². The number of nitrogen functional groups attached to an aromatic ring is 1. The number of hydrogen-bond donors (Lipinski definition) is 1. The predicted molar refractivity (Wildman–Crippen MR) is 77.5 cm³/mol. The molecule has 4 nitrogen and oxygen atoms in total. The van der Waals surface area contributed by atoms with Crippen LogP contribution in [-0.4, -0.2) is 15.5 Å². The van der Waals surface area contributed by atoms with Gasteiger partial charge < -0.3 is 5.73 Å². The molecular formula is C14H14F2N2O2S. The topological polar surface area (TPSA) is 63.4 Å². The summed E-state index contributed by atoms with van der Waals surface area (Å²) in [6.07, 6.45) is 0. The van der Waals surface area contributed by atoms with Crippen LogP contribution in [0.15, 0.2) is 41.3 Å². The van der Waals surface area contributed by atoms with Gasteiger partial charge in [-0.1, -0.05) is 12.1 Å². The third-order valence-corrected chi connectivity index (χ3v) is 4.81. The van der Waals surface area contributed by atoms with Crippen LogP contribution >= 0.6 is 0 Å². The fraction of sp³-hybridized carbons (Fsp3) is 0.143. The van der Waals surface area contributed by atoms with Crippen LogP contribution in [-0.2, 0) is 10.0 Å². The summed E-state index contributed by atoms with van der Waals surface area (Å²) in [5, 5.41) is 0. The number of benzene rings is 2. The molecule has 0 aliphatic heterocycles. The Kier molecular flexibility index (Phi) is 3.87. The minimum absolute atomic E-state index is 0.162. The van der Waals surface area contributed by atoms with E-state index in [-0.39, 0.29) is 5.69 Å². The summed E-state index contributed by atoms with van der Waals surface area (Å²) in [6.45, 7) is 1.80. The second kappa shape index (κ2) is 5.33. The van der Waals surface area contributed by atoms with Crippen molar-refractivity contribution in [3.63, 3.8) is 0 Å². The first-order valence-corrected chi connectivity index (χ1v) is 7.47. The molecule has 0 spiro atoms. The molecule has 0 bridgehead atoms. The summed E-state index contributed by atoms with van der Waals surface area (Å²) in [4.78, 5) is -0.788. The standard InChI is InChI=1S/C14H14F2N2O2S/c1-9-4-3-5-11(6-9)18(2)21(19,20)13-8-10(17)7-12(15)14(13)16/h3-8H,17H2,1-2H3. The minimum atomic E-state index is -4.25. The maximum Gasteiger partial charge on any atom is 0.267 e. The van der Waals surface area contributed by atoms with Gasteiger partial charge >= 0.3 is 0 Å². The molecule has 0 saturated carbocycles. The van der Waals surface area contributed by atoms with Gasteiger partial charge in [0.1, 0.15) is 4.90 Å². The van der Waals surface area contributed by atoms with Gasteiger partial charge in [-0.2, -0.15) is 0 Å². The largest absolute Gasteiger partial charge is 0.399 e. The van der Waals surface area contributed by atoms with Crippen molar-refractivity contribution < 1.29 is 17.2 Å². The Hall–Kier alpha value is -2.15. The average Bonchev–Trinajstić information content (AvgIpc) is 2.41. The van der Waals surface area contributed by atoms with E-state index in [1.54, 1.807) is 31.2 Å². The van der Waals surface area contributed by atoms with Gasteiger partial charge in [0, 0.05) is 12.7 Å². The maximum absolute atomic E-state index is 13.8. The Morgan fingerprint density at radius 3 is 2.43 bits per heavy atom. The fourth-order valence-corrected chi connectivity index (χ4v) is 3.18. The van der Waals surface area contributed by atoms with E-state index in [0.717, 1.165) is 22.0 Å². The van der Waals surface area contributed by atoms with Crippen LogP contribution in [0.5, 0.6) is 0 Å². The molecular weight excluding hydrogens is 298 g/mol. The molecule has 0 aliphatic rings. The molecule has 2 N–H and O–H groups in total. The predicted octanol–water partition coefficient (Wildman–Crippen LogP) is 2.68. The molecule has 7 heteroatoms. The highest BCUT2D eigenvalue weighted by atomic mass is 32.2. The molecule has 2 aromatic rings. The second-order valence-corrected chi connectivity index (χ2v) is 6.56. The van der Waals surface area contributed by atoms with E-state index >= 15 is 0 Å². The molecule has 112 valence electrons. The molecule has 0 atom stereocenters. The van der Waals surface area contributed by atoms with Gasteiger partial charge in [0.05, 0.1) is 5.69 Å². The lowest BCUT2D eigenvalue weighted by Gasteiger charge is -2.20. The summed E-state index contributed by atoms with van der Waals surface area (Å²) in [5.74, 6) is -2.74. The normalized spacial score (nSPS) is 11.4. The Bertz CT molecular complexity index is 792. The van der Waals surface area contributed by atoms with Crippen LogP contribution in [0.25, 0.3) is 0 Å². The number of sulfonamides is 1. The Labute approximate surface area is 121 Å². The van der Waals surface area contributed by atoms with E-state index in [0.29, 0.717) is 5.69 Å². The summed E-state index contributed by atoms with van der Waals surface area (Å²) < 4.78 is 52.9. The smallest absolute Gasteiger partial charge is 0.267 e. The fourth-order valence-electron chi connectivity index (χ4n) is 1.88. The Morgan fingerprint density at radius 1 is 1.14 bits per heavy atom. The van der Waals surface area contributed by atoms with Crippen LogP contribution in [0.3, 0.4) is 0 Å². The molecule has 0 radical (unpaired) electrons. The van der Waals surface area contributed by atoms with Gasteiger partial charge in [-0.25, -0.2) is 17.2 Å². The van der Waals surface area contributed by atoms with Crippen molar-refractivity contribution in [1.29, 1.82) is 0 Å². The highest BCUT2D eigenvalue weighted by Gasteiger charge is 2.27. The second-order valence-electron chi connectivity index (χ2n) is 4.63. The molecule has 2 aromatic carbocycles. The summed E-state index contributed by atoms with van der Waals surface area (Å²) in [5.41, 5.74) is 6.42. The zero-order valence-corrected chi connectivity index (χ0v) is 12.3. The van der Waals surface area contributed by atoms with E-state index in [1.165, 1.54) is 7.05 Å².